The van der Waals surface area contributed by atoms with Gasteiger partial charge in [-0.05, 0) is 67.9 Å². The molecule has 3 heteroatoms. The summed E-state index contributed by atoms with van der Waals surface area (Å²) in [5, 5.41) is 0. The van der Waals surface area contributed by atoms with Crippen molar-refractivity contribution in [3.63, 3.8) is 0 Å². The number of hydrogen-bond acceptors (Lipinski definition) is 2. The first kappa shape index (κ1) is 30.7. The van der Waals surface area contributed by atoms with E-state index in [4.69, 9.17) is 9.53 Å². The lowest BCUT2D eigenvalue weighted by molar-refractivity contribution is -0.0979. The molecule has 0 bridgehead atoms. The van der Waals surface area contributed by atoms with Crippen LogP contribution in [0.1, 0.15) is 47.5 Å². The molecule has 0 spiro atoms. The van der Waals surface area contributed by atoms with Crippen LogP contribution in [0, 0.1) is 11.3 Å². The fraction of sp³-hybridized carbons (Fsp3) is 0.393. The highest BCUT2D eigenvalue weighted by molar-refractivity contribution is 5.52. The summed E-state index contributed by atoms with van der Waals surface area (Å²) in [6.45, 7) is 32.1. The number of methoxy groups -OCH3 is 1. The second-order valence-corrected chi connectivity index (χ2v) is 8.21. The van der Waals surface area contributed by atoms with Gasteiger partial charge in [0.1, 0.15) is 12.6 Å². The standard InChI is InChI=1S/C23H31FO.C4H8.CH2O/c1-9-16(2)10-11-18(4)20(6)21(15-25-8)13-19(5)23(7)14-17(3)12-22(23)24;1-4(2)3;1-2/h10-13,17H,2,4-6,9,14-15H2,1,3,7-8H3;1H2,2-3H3;1H2/b11-10-,21-13-;;/t17?,23-;;/m0../s1. The molecule has 172 valence electrons. The van der Waals surface area contributed by atoms with E-state index in [1.165, 1.54) is 5.57 Å². The van der Waals surface area contributed by atoms with Crippen LogP contribution in [-0.2, 0) is 9.53 Å². The van der Waals surface area contributed by atoms with Crippen molar-refractivity contribution in [2.24, 2.45) is 11.3 Å². The topological polar surface area (TPSA) is 26.3 Å². The highest BCUT2D eigenvalue weighted by atomic mass is 19.1. The van der Waals surface area contributed by atoms with E-state index in [0.717, 1.165) is 40.7 Å². The third kappa shape index (κ3) is 10.9. The van der Waals surface area contributed by atoms with Gasteiger partial charge < -0.3 is 9.53 Å². The van der Waals surface area contributed by atoms with E-state index < -0.39 is 5.41 Å². The van der Waals surface area contributed by atoms with Crippen LogP contribution >= 0.6 is 0 Å². The lowest BCUT2D eigenvalue weighted by Crippen LogP contribution is -2.17. The van der Waals surface area contributed by atoms with E-state index in [1.54, 1.807) is 13.2 Å². The number of allylic oxidation sites excluding steroid dienone is 9. The average molecular weight is 429 g/mol. The zero-order valence-corrected chi connectivity index (χ0v) is 20.4. The molecule has 0 fully saturated rings. The summed E-state index contributed by atoms with van der Waals surface area (Å²) in [4.78, 5) is 8.00. The molecular weight excluding hydrogens is 387 g/mol. The van der Waals surface area contributed by atoms with E-state index in [9.17, 15) is 4.39 Å². The minimum atomic E-state index is -0.660. The monoisotopic (exact) mass is 428 g/mol. The highest BCUT2D eigenvalue weighted by Crippen LogP contribution is 2.48. The molecule has 0 saturated heterocycles. The predicted octanol–water partition coefficient (Wildman–Crippen LogP) is 8.05. The molecule has 0 amide bonds. The molecule has 0 aromatic rings. The Balaban J connectivity index is 0. The van der Waals surface area contributed by atoms with Gasteiger partial charge in [-0.25, -0.2) is 4.39 Å². The summed E-state index contributed by atoms with van der Waals surface area (Å²) >= 11 is 0. The smallest absolute Gasteiger partial charge is 0.106 e. The zero-order chi connectivity index (χ0) is 24.8. The molecule has 1 rings (SSSR count). The van der Waals surface area contributed by atoms with E-state index in [1.807, 2.05) is 52.7 Å². The van der Waals surface area contributed by atoms with Crippen LogP contribution in [0.25, 0.3) is 0 Å². The maximum atomic E-state index is 14.4. The molecule has 1 unspecified atom stereocenters. The lowest BCUT2D eigenvalue weighted by Gasteiger charge is -2.26. The Bertz CT molecular complexity index is 760. The van der Waals surface area contributed by atoms with Gasteiger partial charge in [0.15, 0.2) is 0 Å². The van der Waals surface area contributed by atoms with Crippen molar-refractivity contribution in [1.82, 2.24) is 0 Å². The van der Waals surface area contributed by atoms with E-state index >= 15 is 0 Å². The SMILES string of the molecule is C=C(/C=C\C(=C)C(=C)/C(=C\C(=C)[C@]1(C)CC(C)C=C1F)COC)CC.C=C(C)C.C=O. The van der Waals surface area contributed by atoms with Crippen molar-refractivity contribution in [3.05, 3.63) is 96.5 Å². The van der Waals surface area contributed by atoms with Crippen LogP contribution in [-0.4, -0.2) is 20.5 Å². The maximum absolute atomic E-state index is 14.4. The minimum Gasteiger partial charge on any atom is -0.380 e. The number of halogens is 1. The number of carbonyl (C=O) groups is 1. The van der Waals surface area contributed by atoms with Crippen molar-refractivity contribution in [2.75, 3.05) is 13.7 Å². The molecule has 0 aliphatic heterocycles. The Morgan fingerprint density at radius 1 is 1.19 bits per heavy atom. The summed E-state index contributed by atoms with van der Waals surface area (Å²) in [7, 11) is 1.63. The van der Waals surface area contributed by atoms with Crippen LogP contribution in [0.15, 0.2) is 96.5 Å². The van der Waals surface area contributed by atoms with Crippen LogP contribution in [0.3, 0.4) is 0 Å². The third-order valence-electron chi connectivity index (χ3n) is 4.79. The van der Waals surface area contributed by atoms with Gasteiger partial charge in [-0.2, -0.15) is 0 Å². The first-order chi connectivity index (χ1) is 14.4. The van der Waals surface area contributed by atoms with Crippen LogP contribution in [0.5, 0.6) is 0 Å². The van der Waals surface area contributed by atoms with Crippen molar-refractivity contribution in [3.8, 4) is 0 Å². The zero-order valence-electron chi connectivity index (χ0n) is 20.4. The summed E-state index contributed by atoms with van der Waals surface area (Å²) in [5.41, 5.74) is 4.67. The van der Waals surface area contributed by atoms with Crippen molar-refractivity contribution in [1.29, 1.82) is 0 Å². The summed E-state index contributed by atoms with van der Waals surface area (Å²) in [6.07, 6.45) is 9.02. The maximum Gasteiger partial charge on any atom is 0.106 e. The molecule has 1 aliphatic carbocycles. The summed E-state index contributed by atoms with van der Waals surface area (Å²) in [6, 6.07) is 0. The Morgan fingerprint density at radius 2 is 1.71 bits per heavy atom. The van der Waals surface area contributed by atoms with Gasteiger partial charge in [0.2, 0.25) is 0 Å². The van der Waals surface area contributed by atoms with Gasteiger partial charge in [0.25, 0.3) is 0 Å². The molecule has 1 aliphatic rings. The molecule has 2 nitrogen and oxygen atoms in total. The molecule has 31 heavy (non-hydrogen) atoms. The molecule has 0 saturated carbocycles. The molecule has 0 heterocycles. The van der Waals surface area contributed by atoms with Gasteiger partial charge in [0, 0.05) is 12.5 Å². The minimum absolute atomic E-state index is 0.110. The van der Waals surface area contributed by atoms with Crippen LogP contribution in [0.2, 0.25) is 0 Å². The van der Waals surface area contributed by atoms with E-state index in [-0.39, 0.29) is 11.7 Å². The molecule has 0 aromatic heterocycles. The van der Waals surface area contributed by atoms with Crippen molar-refractivity contribution < 1.29 is 13.9 Å². The predicted molar refractivity (Wildman–Crippen MR) is 135 cm³/mol. The van der Waals surface area contributed by atoms with Gasteiger partial charge in [-0.1, -0.05) is 69.5 Å². The summed E-state index contributed by atoms with van der Waals surface area (Å²) in [5.74, 6) is 0.101. The van der Waals surface area contributed by atoms with E-state index in [0.29, 0.717) is 6.61 Å². The van der Waals surface area contributed by atoms with Crippen molar-refractivity contribution in [2.45, 2.75) is 47.5 Å². The second-order valence-electron chi connectivity index (χ2n) is 8.21. The molecule has 0 aromatic carbocycles. The Morgan fingerprint density at radius 3 is 2.10 bits per heavy atom. The number of carbonyl (C=O) groups excluding carboxylic acids is 1. The normalized spacial score (nSPS) is 20.0. The summed E-state index contributed by atoms with van der Waals surface area (Å²) < 4.78 is 19.7. The molecule has 0 N–H and O–H groups in total. The Labute approximate surface area is 190 Å². The third-order valence-corrected chi connectivity index (χ3v) is 4.79. The lowest BCUT2D eigenvalue weighted by atomic mass is 9.79. The van der Waals surface area contributed by atoms with Crippen LogP contribution in [0.4, 0.5) is 4.39 Å². The molecule has 2 atom stereocenters. The molecule has 0 radical (unpaired) electrons. The fourth-order valence-corrected chi connectivity index (χ4v) is 2.90. The molecular formula is C28H41FO2. The van der Waals surface area contributed by atoms with Gasteiger partial charge in [-0.15, -0.1) is 6.58 Å². The van der Waals surface area contributed by atoms with Crippen molar-refractivity contribution >= 4 is 6.79 Å². The highest BCUT2D eigenvalue weighted by Gasteiger charge is 2.38. The quantitative estimate of drug-likeness (QED) is 0.274. The first-order valence-corrected chi connectivity index (χ1v) is 10.3. The Kier molecular flexibility index (Phi) is 15.1. The fourth-order valence-electron chi connectivity index (χ4n) is 2.90. The van der Waals surface area contributed by atoms with E-state index in [2.05, 4.69) is 39.8 Å². The number of rotatable bonds is 9. The first-order valence-electron chi connectivity index (χ1n) is 10.3. The number of ether oxygens (including phenoxy) is 1. The van der Waals surface area contributed by atoms with Gasteiger partial charge in [-0.3, -0.25) is 0 Å². The van der Waals surface area contributed by atoms with Crippen LogP contribution < -0.4 is 0 Å². The Hall–Kier alpha value is -2.52. The second kappa shape index (κ2) is 15.3. The average Bonchev–Trinajstić information content (AvgIpc) is 2.98. The number of hydrogen-bond donors (Lipinski definition) is 0. The van der Waals surface area contributed by atoms with Gasteiger partial charge in [0.05, 0.1) is 6.61 Å². The largest absolute Gasteiger partial charge is 0.380 e. The van der Waals surface area contributed by atoms with Gasteiger partial charge >= 0.3 is 0 Å².